The van der Waals surface area contributed by atoms with Crippen molar-refractivity contribution in [3.8, 4) is 0 Å². The van der Waals surface area contributed by atoms with E-state index in [0.717, 1.165) is 35.4 Å². The summed E-state index contributed by atoms with van der Waals surface area (Å²) in [4.78, 5) is 12.2. The Labute approximate surface area is 160 Å². The Balaban J connectivity index is 1.44. The second kappa shape index (κ2) is 7.90. The topological polar surface area (TPSA) is 56.1 Å². The Morgan fingerprint density at radius 3 is 2.79 bits per heavy atom. The minimum atomic E-state index is -1.05. The minimum Gasteiger partial charge on any atom is -0.370 e. The van der Waals surface area contributed by atoms with Gasteiger partial charge in [-0.05, 0) is 35.7 Å². The smallest absolute Gasteiger partial charge is 0.251 e. The maximum Gasteiger partial charge on any atom is 0.251 e. The highest BCUT2D eigenvalue weighted by molar-refractivity contribution is 5.94. The molecule has 7 heteroatoms. The summed E-state index contributed by atoms with van der Waals surface area (Å²) in [7, 11) is 0. The van der Waals surface area contributed by atoms with E-state index in [1.807, 2.05) is 41.2 Å². The van der Waals surface area contributed by atoms with Gasteiger partial charge in [0.1, 0.15) is 6.10 Å². The number of halogens is 2. The molecule has 5 nitrogen and oxygen atoms in total. The predicted molar refractivity (Wildman–Crippen MR) is 98.9 cm³/mol. The van der Waals surface area contributed by atoms with Crippen LogP contribution in [0.3, 0.4) is 0 Å². The highest BCUT2D eigenvalue weighted by Crippen LogP contribution is 2.25. The number of amides is 1. The Morgan fingerprint density at radius 1 is 1.18 bits per heavy atom. The fourth-order valence-corrected chi connectivity index (χ4v) is 3.26. The minimum absolute atomic E-state index is 0.0598. The van der Waals surface area contributed by atoms with E-state index in [0.29, 0.717) is 13.2 Å². The molecule has 1 N–H and O–H groups in total. The summed E-state index contributed by atoms with van der Waals surface area (Å²) in [5, 5.41) is 7.35. The van der Waals surface area contributed by atoms with Crippen LogP contribution in [0.25, 0.3) is 0 Å². The lowest BCUT2D eigenvalue weighted by molar-refractivity contribution is 0.0383. The Bertz CT molecular complexity index is 989. The van der Waals surface area contributed by atoms with Crippen LogP contribution in [-0.4, -0.2) is 28.8 Å². The van der Waals surface area contributed by atoms with Crippen molar-refractivity contribution in [1.82, 2.24) is 15.1 Å². The number of aromatic nitrogens is 2. The lowest BCUT2D eigenvalue weighted by atomic mass is 10.1. The van der Waals surface area contributed by atoms with Gasteiger partial charge >= 0.3 is 0 Å². The van der Waals surface area contributed by atoms with E-state index in [9.17, 15) is 13.6 Å². The second-order valence-electron chi connectivity index (χ2n) is 6.67. The quantitative estimate of drug-likeness (QED) is 0.736. The van der Waals surface area contributed by atoms with E-state index < -0.39 is 17.5 Å². The third kappa shape index (κ3) is 3.94. The molecule has 0 saturated heterocycles. The molecule has 1 aliphatic rings. The van der Waals surface area contributed by atoms with Crippen molar-refractivity contribution < 1.29 is 18.3 Å². The standard InChI is InChI=1S/C21H19F2N3O2/c22-17-7-6-15(10-18(17)23)21(27)24-11-19-20-16(8-9-28-19)13-26(25-20)12-14-4-2-1-3-5-14/h1-7,10,13,19H,8-9,11-12H2,(H,24,27)/t19-/m1/s1. The molecule has 3 aromatic rings. The first kappa shape index (κ1) is 18.3. The fraction of sp³-hybridized carbons (Fsp3) is 0.238. The van der Waals surface area contributed by atoms with Crippen LogP contribution in [0.4, 0.5) is 8.78 Å². The number of ether oxygens (including phenoxy) is 1. The van der Waals surface area contributed by atoms with Gasteiger partial charge in [-0.15, -0.1) is 0 Å². The maximum absolute atomic E-state index is 13.3. The zero-order valence-electron chi connectivity index (χ0n) is 15.1. The molecule has 0 aliphatic carbocycles. The van der Waals surface area contributed by atoms with E-state index in [2.05, 4.69) is 10.4 Å². The van der Waals surface area contributed by atoms with Crippen molar-refractivity contribution >= 4 is 5.91 Å². The van der Waals surface area contributed by atoms with Gasteiger partial charge in [0.05, 0.1) is 18.8 Å². The van der Waals surface area contributed by atoms with Gasteiger partial charge in [-0.25, -0.2) is 8.78 Å². The first-order valence-corrected chi connectivity index (χ1v) is 9.05. The van der Waals surface area contributed by atoms with Crippen molar-refractivity contribution in [3.05, 3.63) is 88.7 Å². The van der Waals surface area contributed by atoms with Gasteiger partial charge < -0.3 is 10.1 Å². The van der Waals surface area contributed by atoms with E-state index in [-0.39, 0.29) is 18.2 Å². The van der Waals surface area contributed by atoms with Crippen LogP contribution < -0.4 is 5.32 Å². The summed E-state index contributed by atoms with van der Waals surface area (Å²) < 4.78 is 34.0. The van der Waals surface area contributed by atoms with Crippen LogP contribution in [0.15, 0.2) is 54.7 Å². The van der Waals surface area contributed by atoms with Gasteiger partial charge in [0.15, 0.2) is 11.6 Å². The third-order valence-electron chi connectivity index (χ3n) is 4.68. The number of nitrogens with one attached hydrogen (secondary N) is 1. The summed E-state index contributed by atoms with van der Waals surface area (Å²) >= 11 is 0. The number of hydrogen-bond acceptors (Lipinski definition) is 3. The molecule has 1 aromatic heterocycles. The van der Waals surface area contributed by atoms with E-state index in [4.69, 9.17) is 4.74 Å². The van der Waals surface area contributed by atoms with Gasteiger partial charge in [-0.2, -0.15) is 5.10 Å². The normalized spacial score (nSPS) is 15.9. The average molecular weight is 383 g/mol. The fourth-order valence-electron chi connectivity index (χ4n) is 3.26. The van der Waals surface area contributed by atoms with Crippen LogP contribution in [0.1, 0.15) is 33.3 Å². The summed E-state index contributed by atoms with van der Waals surface area (Å²) in [6, 6.07) is 13.1. The molecule has 4 rings (SSSR count). The largest absolute Gasteiger partial charge is 0.370 e. The zero-order chi connectivity index (χ0) is 19.5. The molecule has 0 radical (unpaired) electrons. The molecule has 0 bridgehead atoms. The number of hydrogen-bond donors (Lipinski definition) is 1. The molecule has 2 heterocycles. The molecule has 0 saturated carbocycles. The number of benzene rings is 2. The SMILES string of the molecule is O=C(NC[C@H]1OCCc2cn(Cc3ccccc3)nc21)c1ccc(F)c(F)c1. The van der Waals surface area contributed by atoms with Crippen molar-refractivity contribution in [1.29, 1.82) is 0 Å². The van der Waals surface area contributed by atoms with Crippen molar-refractivity contribution in [2.45, 2.75) is 19.1 Å². The molecule has 28 heavy (non-hydrogen) atoms. The summed E-state index contributed by atoms with van der Waals surface area (Å²) in [5.74, 6) is -2.53. The number of nitrogens with zero attached hydrogens (tertiary/aromatic N) is 2. The van der Waals surface area contributed by atoms with E-state index in [1.165, 1.54) is 6.07 Å². The monoisotopic (exact) mass is 383 g/mol. The van der Waals surface area contributed by atoms with Gasteiger partial charge in [0, 0.05) is 18.3 Å². The van der Waals surface area contributed by atoms with Crippen LogP contribution in [0, 0.1) is 11.6 Å². The molecule has 144 valence electrons. The molecule has 1 amide bonds. The van der Waals surface area contributed by atoms with E-state index in [1.54, 1.807) is 0 Å². The zero-order valence-corrected chi connectivity index (χ0v) is 15.1. The summed E-state index contributed by atoms with van der Waals surface area (Å²) in [6.07, 6.45) is 2.39. The molecule has 1 aliphatic heterocycles. The summed E-state index contributed by atoms with van der Waals surface area (Å²) in [5.41, 5.74) is 3.10. The third-order valence-corrected chi connectivity index (χ3v) is 4.68. The highest BCUT2D eigenvalue weighted by atomic mass is 19.2. The number of carbonyl (C=O) groups is 1. The molecule has 0 fully saturated rings. The van der Waals surface area contributed by atoms with Gasteiger partial charge in [0.2, 0.25) is 0 Å². The second-order valence-corrected chi connectivity index (χ2v) is 6.67. The van der Waals surface area contributed by atoms with Crippen molar-refractivity contribution in [3.63, 3.8) is 0 Å². The Hall–Kier alpha value is -3.06. The van der Waals surface area contributed by atoms with Crippen LogP contribution >= 0.6 is 0 Å². The number of rotatable bonds is 5. The average Bonchev–Trinajstić information content (AvgIpc) is 3.12. The first-order chi connectivity index (χ1) is 13.6. The Morgan fingerprint density at radius 2 is 2.00 bits per heavy atom. The maximum atomic E-state index is 13.3. The van der Waals surface area contributed by atoms with Crippen molar-refractivity contribution in [2.24, 2.45) is 0 Å². The lowest BCUT2D eigenvalue weighted by Crippen LogP contribution is -2.32. The molecular weight excluding hydrogens is 364 g/mol. The van der Waals surface area contributed by atoms with Crippen molar-refractivity contribution in [2.75, 3.05) is 13.2 Å². The molecule has 0 unspecified atom stereocenters. The van der Waals surface area contributed by atoms with Crippen LogP contribution in [-0.2, 0) is 17.7 Å². The first-order valence-electron chi connectivity index (χ1n) is 9.05. The van der Waals surface area contributed by atoms with Crippen LogP contribution in [0.2, 0.25) is 0 Å². The predicted octanol–water partition coefficient (Wildman–Crippen LogP) is 3.25. The van der Waals surface area contributed by atoms with E-state index >= 15 is 0 Å². The van der Waals surface area contributed by atoms with Gasteiger partial charge in [0.25, 0.3) is 5.91 Å². The number of fused-ring (bicyclic) bond motifs is 1. The Kier molecular flexibility index (Phi) is 5.16. The highest BCUT2D eigenvalue weighted by Gasteiger charge is 2.25. The lowest BCUT2D eigenvalue weighted by Gasteiger charge is -2.22. The van der Waals surface area contributed by atoms with Gasteiger partial charge in [-0.1, -0.05) is 30.3 Å². The molecule has 1 atom stereocenters. The molecular formula is C21H19F2N3O2. The van der Waals surface area contributed by atoms with Crippen LogP contribution in [0.5, 0.6) is 0 Å². The molecule has 0 spiro atoms. The van der Waals surface area contributed by atoms with Gasteiger partial charge in [-0.3, -0.25) is 9.48 Å². The molecule has 2 aromatic carbocycles. The number of carbonyl (C=O) groups excluding carboxylic acids is 1. The summed E-state index contributed by atoms with van der Waals surface area (Å²) in [6.45, 7) is 1.39.